The summed E-state index contributed by atoms with van der Waals surface area (Å²) in [4.78, 5) is 67.0. The Hall–Kier alpha value is -3.22. The molecule has 0 heterocycles. The van der Waals surface area contributed by atoms with E-state index in [0.717, 1.165) is 6.92 Å². The summed E-state index contributed by atoms with van der Waals surface area (Å²) in [5.41, 5.74) is 5.28. The number of carboxylic acid groups (broad SMARTS) is 3. The molecule has 0 bridgehead atoms. The van der Waals surface area contributed by atoms with E-state index in [1.165, 1.54) is 0 Å². The lowest BCUT2D eigenvalue weighted by Gasteiger charge is -2.19. The summed E-state index contributed by atoms with van der Waals surface area (Å²) in [6.45, 7) is 0.452. The average Bonchev–Trinajstić information content (AvgIpc) is 2.50. The highest BCUT2D eigenvalue weighted by Gasteiger charge is 2.26. The first-order valence-electron chi connectivity index (χ1n) is 7.23. The standard InChI is InChI=1S/C13H20N4O9/c1-5(13(25)26)16-12(24)7(3-10(21)22)17-8(18)4-15-11(23)6(14)2-9(19)20/h5-7H,2-4,14H2,1H3,(H,15,23)(H,16,24)(H,17,18)(H,19,20)(H,21,22)(H,25,26)/t5-,6-,7-/m0/s1. The molecule has 0 saturated carbocycles. The minimum atomic E-state index is -1.58. The molecule has 0 aromatic heterocycles. The van der Waals surface area contributed by atoms with E-state index in [1.807, 2.05) is 16.0 Å². The van der Waals surface area contributed by atoms with Crippen LogP contribution in [0.4, 0.5) is 0 Å². The lowest BCUT2D eigenvalue weighted by atomic mass is 10.1. The number of nitrogens with two attached hydrogens (primary N) is 1. The maximum Gasteiger partial charge on any atom is 0.325 e. The van der Waals surface area contributed by atoms with Gasteiger partial charge in [-0.05, 0) is 6.92 Å². The Morgan fingerprint density at radius 1 is 0.885 bits per heavy atom. The molecule has 0 fully saturated rings. The average molecular weight is 376 g/mol. The number of aliphatic carboxylic acids is 3. The lowest BCUT2D eigenvalue weighted by Crippen LogP contribution is -2.53. The van der Waals surface area contributed by atoms with E-state index in [-0.39, 0.29) is 0 Å². The second-order valence-electron chi connectivity index (χ2n) is 5.21. The zero-order valence-corrected chi connectivity index (χ0v) is 13.7. The molecule has 3 amide bonds. The molecular weight excluding hydrogens is 356 g/mol. The number of carbonyl (C=O) groups is 6. The molecule has 0 radical (unpaired) electrons. The van der Waals surface area contributed by atoms with Crippen LogP contribution in [-0.4, -0.2) is 75.6 Å². The van der Waals surface area contributed by atoms with Gasteiger partial charge in [-0.25, -0.2) is 0 Å². The topological polar surface area (TPSA) is 225 Å². The van der Waals surface area contributed by atoms with Gasteiger partial charge in [0.1, 0.15) is 12.1 Å². The van der Waals surface area contributed by atoms with Gasteiger partial charge in [0.05, 0.1) is 25.4 Å². The van der Waals surface area contributed by atoms with E-state index in [1.54, 1.807) is 0 Å². The number of carboxylic acids is 3. The van der Waals surface area contributed by atoms with Crippen molar-refractivity contribution < 1.29 is 44.1 Å². The predicted octanol–water partition coefficient (Wildman–Crippen LogP) is -3.55. The fraction of sp³-hybridized carbons (Fsp3) is 0.538. The zero-order valence-electron chi connectivity index (χ0n) is 13.7. The van der Waals surface area contributed by atoms with Gasteiger partial charge in [0.25, 0.3) is 0 Å². The van der Waals surface area contributed by atoms with Crippen molar-refractivity contribution in [2.45, 2.75) is 37.9 Å². The Balaban J connectivity index is 4.70. The normalized spacial score (nSPS) is 13.6. The fourth-order valence-corrected chi connectivity index (χ4v) is 1.58. The predicted molar refractivity (Wildman–Crippen MR) is 82.7 cm³/mol. The van der Waals surface area contributed by atoms with E-state index >= 15 is 0 Å². The van der Waals surface area contributed by atoms with Crippen molar-refractivity contribution in [3.63, 3.8) is 0 Å². The molecule has 0 unspecified atom stereocenters. The SMILES string of the molecule is C[C@H](NC(=O)[C@H](CC(=O)O)NC(=O)CNC(=O)[C@@H](N)CC(=O)O)C(=O)O. The summed E-state index contributed by atoms with van der Waals surface area (Å²) < 4.78 is 0. The largest absolute Gasteiger partial charge is 0.481 e. The van der Waals surface area contributed by atoms with Crippen molar-refractivity contribution in [1.82, 2.24) is 16.0 Å². The van der Waals surface area contributed by atoms with Crippen LogP contribution in [0.2, 0.25) is 0 Å². The van der Waals surface area contributed by atoms with E-state index in [4.69, 9.17) is 21.1 Å². The van der Waals surface area contributed by atoms with Crippen molar-refractivity contribution in [1.29, 1.82) is 0 Å². The molecule has 0 aliphatic carbocycles. The van der Waals surface area contributed by atoms with Gasteiger partial charge >= 0.3 is 17.9 Å². The smallest absolute Gasteiger partial charge is 0.325 e. The van der Waals surface area contributed by atoms with Gasteiger partial charge in [-0.1, -0.05) is 0 Å². The fourth-order valence-electron chi connectivity index (χ4n) is 1.58. The van der Waals surface area contributed by atoms with Gasteiger partial charge in [0.2, 0.25) is 17.7 Å². The van der Waals surface area contributed by atoms with E-state index in [9.17, 15) is 28.8 Å². The van der Waals surface area contributed by atoms with Crippen LogP contribution < -0.4 is 21.7 Å². The van der Waals surface area contributed by atoms with Crippen LogP contribution in [0.5, 0.6) is 0 Å². The van der Waals surface area contributed by atoms with Crippen LogP contribution in [0.15, 0.2) is 0 Å². The number of hydrogen-bond acceptors (Lipinski definition) is 7. The van der Waals surface area contributed by atoms with Gasteiger partial charge in [-0.3, -0.25) is 28.8 Å². The van der Waals surface area contributed by atoms with Crippen LogP contribution in [0.3, 0.4) is 0 Å². The van der Waals surface area contributed by atoms with Crippen LogP contribution >= 0.6 is 0 Å². The van der Waals surface area contributed by atoms with Gasteiger partial charge in [0, 0.05) is 0 Å². The third-order valence-electron chi connectivity index (χ3n) is 2.91. The summed E-state index contributed by atoms with van der Waals surface area (Å²) in [6, 6.07) is -4.29. The number of rotatable bonds is 11. The van der Waals surface area contributed by atoms with Crippen molar-refractivity contribution in [3.8, 4) is 0 Å². The highest BCUT2D eigenvalue weighted by molar-refractivity contribution is 5.94. The molecule has 0 aromatic carbocycles. The molecule has 26 heavy (non-hydrogen) atoms. The summed E-state index contributed by atoms with van der Waals surface area (Å²) in [5.74, 6) is -7.03. The zero-order chi connectivity index (χ0) is 20.4. The molecule has 0 aromatic rings. The Bertz CT molecular complexity index is 592. The van der Waals surface area contributed by atoms with Crippen LogP contribution in [0, 0.1) is 0 Å². The van der Waals surface area contributed by atoms with Crippen LogP contribution in [0.25, 0.3) is 0 Å². The summed E-state index contributed by atoms with van der Waals surface area (Å²) in [7, 11) is 0. The van der Waals surface area contributed by atoms with Crippen molar-refractivity contribution >= 4 is 35.6 Å². The maximum atomic E-state index is 11.9. The third kappa shape index (κ3) is 9.17. The highest BCUT2D eigenvalue weighted by Crippen LogP contribution is 1.95. The van der Waals surface area contributed by atoms with Gasteiger partial charge in [-0.15, -0.1) is 0 Å². The Morgan fingerprint density at radius 3 is 1.88 bits per heavy atom. The minimum absolute atomic E-state index is 0.662. The highest BCUT2D eigenvalue weighted by atomic mass is 16.4. The second-order valence-corrected chi connectivity index (χ2v) is 5.21. The molecule has 3 atom stereocenters. The molecule has 0 spiro atoms. The first-order valence-corrected chi connectivity index (χ1v) is 7.23. The third-order valence-corrected chi connectivity index (χ3v) is 2.91. The lowest BCUT2D eigenvalue weighted by molar-refractivity contribution is -0.143. The second kappa shape index (κ2) is 10.6. The Kier molecular flexibility index (Phi) is 9.29. The van der Waals surface area contributed by atoms with Gasteiger partial charge < -0.3 is 37.0 Å². The quantitative estimate of drug-likeness (QED) is 0.188. The monoisotopic (exact) mass is 376 g/mol. The molecule has 0 saturated heterocycles. The van der Waals surface area contributed by atoms with Gasteiger partial charge in [0.15, 0.2) is 0 Å². The number of hydrogen-bond donors (Lipinski definition) is 7. The Morgan fingerprint density at radius 2 is 1.42 bits per heavy atom. The molecular formula is C13H20N4O9. The van der Waals surface area contributed by atoms with Crippen LogP contribution in [0.1, 0.15) is 19.8 Å². The van der Waals surface area contributed by atoms with E-state index in [2.05, 4.69) is 0 Å². The molecule has 0 rings (SSSR count). The number of carbonyl (C=O) groups excluding carboxylic acids is 3. The first kappa shape index (κ1) is 22.8. The van der Waals surface area contributed by atoms with E-state index in [0.29, 0.717) is 0 Å². The van der Waals surface area contributed by atoms with E-state index < -0.39 is 73.1 Å². The molecule has 8 N–H and O–H groups in total. The van der Waals surface area contributed by atoms with Crippen LogP contribution in [-0.2, 0) is 28.8 Å². The number of amides is 3. The molecule has 13 heteroatoms. The molecule has 13 nitrogen and oxygen atoms in total. The summed E-state index contributed by atoms with van der Waals surface area (Å²) in [5, 5.41) is 32.1. The number of nitrogens with one attached hydrogen (secondary N) is 3. The molecule has 146 valence electrons. The molecule has 0 aliphatic rings. The first-order chi connectivity index (χ1) is 11.9. The summed E-state index contributed by atoms with van der Waals surface area (Å²) >= 11 is 0. The van der Waals surface area contributed by atoms with Crippen molar-refractivity contribution in [3.05, 3.63) is 0 Å². The molecule has 0 aliphatic heterocycles. The summed E-state index contributed by atoms with van der Waals surface area (Å²) in [6.07, 6.45) is -1.49. The van der Waals surface area contributed by atoms with Crippen molar-refractivity contribution in [2.24, 2.45) is 5.73 Å². The Labute approximate surface area is 146 Å². The van der Waals surface area contributed by atoms with Crippen molar-refractivity contribution in [2.75, 3.05) is 6.54 Å². The maximum absolute atomic E-state index is 11.9. The van der Waals surface area contributed by atoms with Gasteiger partial charge in [-0.2, -0.15) is 0 Å². The minimum Gasteiger partial charge on any atom is -0.481 e.